The summed E-state index contributed by atoms with van der Waals surface area (Å²) in [4.78, 5) is 13.0. The Kier molecular flexibility index (Phi) is 6.58. The van der Waals surface area contributed by atoms with Crippen LogP contribution in [-0.2, 0) is 11.8 Å². The van der Waals surface area contributed by atoms with E-state index in [1.54, 1.807) is 27.7 Å². The van der Waals surface area contributed by atoms with Crippen LogP contribution in [0.15, 0.2) is 42.9 Å². The highest BCUT2D eigenvalue weighted by molar-refractivity contribution is 5.85. The van der Waals surface area contributed by atoms with E-state index in [1.165, 1.54) is 12.1 Å². The maximum absolute atomic E-state index is 13.2. The van der Waals surface area contributed by atoms with Crippen LogP contribution in [0.2, 0.25) is 0 Å². The van der Waals surface area contributed by atoms with Gasteiger partial charge in [-0.05, 0) is 43.7 Å². The van der Waals surface area contributed by atoms with Crippen LogP contribution in [0, 0.1) is 18.7 Å². The quantitative estimate of drug-likeness (QED) is 0.649. The van der Waals surface area contributed by atoms with Gasteiger partial charge in [-0.25, -0.2) is 9.07 Å². The van der Waals surface area contributed by atoms with Gasteiger partial charge in [0.15, 0.2) is 0 Å². The molecule has 2 aromatic heterocycles. The van der Waals surface area contributed by atoms with Gasteiger partial charge in [0.25, 0.3) is 0 Å². The van der Waals surface area contributed by atoms with Crippen LogP contribution >= 0.6 is 12.4 Å². The molecule has 0 aliphatic carbocycles. The van der Waals surface area contributed by atoms with E-state index in [1.807, 2.05) is 33.3 Å². The number of benzene rings is 1. The maximum atomic E-state index is 13.2. The average molecular weight is 433 g/mol. The van der Waals surface area contributed by atoms with Crippen LogP contribution in [-0.4, -0.2) is 38.6 Å². The summed E-state index contributed by atoms with van der Waals surface area (Å²) in [5, 5.41) is 15.1. The molecule has 1 unspecified atom stereocenters. The topological polar surface area (TPSA) is 76.8 Å². The SMILES string of the molecule is Cc1c(C(C)NC(=O)[C@H]2CNC[C@@H]2c2cnn(C)c2)cnn1-c1ccc(F)cc1.Cl. The van der Waals surface area contributed by atoms with E-state index in [4.69, 9.17) is 0 Å². The third kappa shape index (κ3) is 4.24. The lowest BCUT2D eigenvalue weighted by atomic mass is 9.90. The van der Waals surface area contributed by atoms with Crippen molar-refractivity contribution in [2.75, 3.05) is 13.1 Å². The number of amides is 1. The third-order valence-electron chi connectivity index (χ3n) is 5.65. The Balaban J connectivity index is 0.00000256. The standard InChI is InChI=1S/C21H25FN6O.ClH/c1-13(18-11-25-28(14(18)2)17-6-4-16(22)5-7-17)26-21(29)20-10-23-9-19(20)15-8-24-27(3)12-15;/h4-8,11-13,19-20,23H,9-10H2,1-3H3,(H,26,29);1H/t13?,19-,20+;/m1./s1. The second-order valence-electron chi connectivity index (χ2n) is 7.62. The fourth-order valence-corrected chi connectivity index (χ4v) is 4.02. The molecule has 1 aliphatic rings. The number of hydrogen-bond acceptors (Lipinski definition) is 4. The van der Waals surface area contributed by atoms with Crippen LogP contribution in [0.3, 0.4) is 0 Å². The molecule has 3 heterocycles. The van der Waals surface area contributed by atoms with Gasteiger partial charge in [-0.1, -0.05) is 0 Å². The van der Waals surface area contributed by atoms with Gasteiger partial charge in [0.05, 0.1) is 30.0 Å². The third-order valence-corrected chi connectivity index (χ3v) is 5.65. The molecule has 2 N–H and O–H groups in total. The summed E-state index contributed by atoms with van der Waals surface area (Å²) in [6.45, 7) is 5.31. The van der Waals surface area contributed by atoms with E-state index < -0.39 is 0 Å². The molecule has 0 bridgehead atoms. The van der Waals surface area contributed by atoms with Crippen molar-refractivity contribution < 1.29 is 9.18 Å². The van der Waals surface area contributed by atoms with Crippen molar-refractivity contribution in [3.05, 3.63) is 65.5 Å². The first-order valence-electron chi connectivity index (χ1n) is 9.74. The zero-order valence-corrected chi connectivity index (χ0v) is 18.0. The minimum absolute atomic E-state index is 0. The number of nitrogens with one attached hydrogen (secondary N) is 2. The molecule has 0 saturated carbocycles. The first-order valence-corrected chi connectivity index (χ1v) is 9.74. The van der Waals surface area contributed by atoms with Crippen LogP contribution in [0.1, 0.15) is 35.7 Å². The Morgan fingerprint density at radius 1 is 1.23 bits per heavy atom. The van der Waals surface area contributed by atoms with Crippen LogP contribution in [0.25, 0.3) is 5.69 Å². The van der Waals surface area contributed by atoms with E-state index in [0.717, 1.165) is 29.1 Å². The first-order chi connectivity index (χ1) is 13.9. The largest absolute Gasteiger partial charge is 0.349 e. The van der Waals surface area contributed by atoms with Crippen molar-refractivity contribution in [3.8, 4) is 5.69 Å². The summed E-state index contributed by atoms with van der Waals surface area (Å²) < 4.78 is 16.7. The summed E-state index contributed by atoms with van der Waals surface area (Å²) in [6, 6.07) is 6.00. The van der Waals surface area contributed by atoms with Gasteiger partial charge in [0.1, 0.15) is 5.82 Å². The minimum Gasteiger partial charge on any atom is -0.349 e. The van der Waals surface area contributed by atoms with E-state index in [9.17, 15) is 9.18 Å². The molecule has 1 saturated heterocycles. The lowest BCUT2D eigenvalue weighted by Gasteiger charge is -2.20. The number of aromatic nitrogens is 4. The number of carbonyl (C=O) groups excluding carboxylic acids is 1. The lowest BCUT2D eigenvalue weighted by Crippen LogP contribution is -2.36. The van der Waals surface area contributed by atoms with Crippen molar-refractivity contribution >= 4 is 18.3 Å². The zero-order chi connectivity index (χ0) is 20.5. The van der Waals surface area contributed by atoms with Crippen molar-refractivity contribution in [3.63, 3.8) is 0 Å². The van der Waals surface area contributed by atoms with Gasteiger partial charge in [0.2, 0.25) is 5.91 Å². The summed E-state index contributed by atoms with van der Waals surface area (Å²) in [6.07, 6.45) is 5.56. The number of rotatable bonds is 5. The van der Waals surface area contributed by atoms with Gasteiger partial charge < -0.3 is 10.6 Å². The minimum atomic E-state index is -0.284. The smallest absolute Gasteiger partial charge is 0.225 e. The number of aryl methyl sites for hydroxylation is 1. The summed E-state index contributed by atoms with van der Waals surface area (Å²) >= 11 is 0. The Morgan fingerprint density at radius 2 is 1.97 bits per heavy atom. The second-order valence-corrected chi connectivity index (χ2v) is 7.62. The van der Waals surface area contributed by atoms with E-state index in [0.29, 0.717) is 6.54 Å². The predicted octanol–water partition coefficient (Wildman–Crippen LogP) is 2.66. The van der Waals surface area contributed by atoms with Gasteiger partial charge in [-0.3, -0.25) is 9.48 Å². The number of carbonyl (C=O) groups is 1. The molecule has 7 nitrogen and oxygen atoms in total. The molecule has 4 rings (SSSR count). The Hall–Kier alpha value is -2.71. The second kappa shape index (κ2) is 8.97. The van der Waals surface area contributed by atoms with Gasteiger partial charge in [-0.15, -0.1) is 12.4 Å². The van der Waals surface area contributed by atoms with E-state index in [-0.39, 0.29) is 42.0 Å². The highest BCUT2D eigenvalue weighted by Gasteiger charge is 2.35. The molecule has 0 radical (unpaired) electrons. The van der Waals surface area contributed by atoms with Crippen molar-refractivity contribution in [2.45, 2.75) is 25.8 Å². The van der Waals surface area contributed by atoms with Crippen molar-refractivity contribution in [2.24, 2.45) is 13.0 Å². The molecular formula is C21H26ClFN6O. The van der Waals surface area contributed by atoms with E-state index in [2.05, 4.69) is 20.8 Å². The maximum Gasteiger partial charge on any atom is 0.225 e. The number of nitrogens with zero attached hydrogens (tertiary/aromatic N) is 4. The highest BCUT2D eigenvalue weighted by atomic mass is 35.5. The molecule has 9 heteroatoms. The average Bonchev–Trinajstić information content (AvgIpc) is 3.41. The fourth-order valence-electron chi connectivity index (χ4n) is 4.02. The lowest BCUT2D eigenvalue weighted by molar-refractivity contribution is -0.125. The number of halogens is 2. The molecule has 0 spiro atoms. The Morgan fingerprint density at radius 3 is 2.63 bits per heavy atom. The molecule has 3 atom stereocenters. The molecule has 1 aromatic carbocycles. The summed E-state index contributed by atoms with van der Waals surface area (Å²) in [7, 11) is 1.88. The van der Waals surface area contributed by atoms with Gasteiger partial charge in [0, 0.05) is 43.5 Å². The number of hydrogen-bond donors (Lipinski definition) is 2. The highest BCUT2D eigenvalue weighted by Crippen LogP contribution is 2.29. The normalized spacial score (nSPS) is 19.3. The Bertz CT molecular complexity index is 1010. The van der Waals surface area contributed by atoms with Gasteiger partial charge >= 0.3 is 0 Å². The fraction of sp³-hybridized carbons (Fsp3) is 0.381. The van der Waals surface area contributed by atoms with Crippen LogP contribution in [0.5, 0.6) is 0 Å². The molecule has 1 fully saturated rings. The Labute approximate surface area is 181 Å². The molecule has 3 aromatic rings. The first kappa shape index (κ1) is 22.0. The predicted molar refractivity (Wildman–Crippen MR) is 114 cm³/mol. The van der Waals surface area contributed by atoms with Crippen molar-refractivity contribution in [1.29, 1.82) is 0 Å². The molecule has 1 aliphatic heterocycles. The van der Waals surface area contributed by atoms with Crippen molar-refractivity contribution in [1.82, 2.24) is 30.2 Å². The summed E-state index contributed by atoms with van der Waals surface area (Å²) in [5.74, 6) is -0.300. The summed E-state index contributed by atoms with van der Waals surface area (Å²) in [5.41, 5.74) is 3.71. The molecular weight excluding hydrogens is 407 g/mol. The molecule has 160 valence electrons. The molecule has 30 heavy (non-hydrogen) atoms. The monoisotopic (exact) mass is 432 g/mol. The van der Waals surface area contributed by atoms with Crippen LogP contribution in [0.4, 0.5) is 4.39 Å². The molecule has 1 amide bonds. The van der Waals surface area contributed by atoms with Gasteiger partial charge in [-0.2, -0.15) is 10.2 Å². The van der Waals surface area contributed by atoms with Crippen LogP contribution < -0.4 is 10.6 Å². The zero-order valence-electron chi connectivity index (χ0n) is 17.2. The van der Waals surface area contributed by atoms with E-state index >= 15 is 0 Å².